The highest BCUT2D eigenvalue weighted by atomic mass is 16.5. The standard InChI is InChI=1S/C11H12N2O/c1-7-5-8-3-4-9(14-2)6-10(8)13-11(7)12/h3-6H,1-2H3,(H2,12,13). The van der Waals surface area contributed by atoms with Gasteiger partial charge >= 0.3 is 0 Å². The Morgan fingerprint density at radius 2 is 2.07 bits per heavy atom. The van der Waals surface area contributed by atoms with Crippen LogP contribution in [-0.2, 0) is 0 Å². The number of hydrogen-bond acceptors (Lipinski definition) is 3. The summed E-state index contributed by atoms with van der Waals surface area (Å²) < 4.78 is 5.11. The lowest BCUT2D eigenvalue weighted by Gasteiger charge is -2.04. The van der Waals surface area contributed by atoms with Crippen LogP contribution >= 0.6 is 0 Å². The number of nitrogens with zero attached hydrogens (tertiary/aromatic N) is 1. The Balaban J connectivity index is 2.70. The Morgan fingerprint density at radius 3 is 2.79 bits per heavy atom. The molecular formula is C11H12N2O. The SMILES string of the molecule is COc1ccc2cc(C)c(N)nc2c1. The molecule has 3 nitrogen and oxygen atoms in total. The maximum absolute atomic E-state index is 5.73. The summed E-state index contributed by atoms with van der Waals surface area (Å²) in [6.45, 7) is 1.95. The van der Waals surface area contributed by atoms with Gasteiger partial charge in [-0.15, -0.1) is 0 Å². The molecule has 0 bridgehead atoms. The molecule has 0 aliphatic carbocycles. The Morgan fingerprint density at radius 1 is 1.29 bits per heavy atom. The van der Waals surface area contributed by atoms with Crippen molar-refractivity contribution in [3.8, 4) is 5.75 Å². The highest BCUT2D eigenvalue weighted by molar-refractivity contribution is 5.82. The number of aromatic nitrogens is 1. The zero-order valence-corrected chi connectivity index (χ0v) is 8.24. The topological polar surface area (TPSA) is 48.1 Å². The number of fused-ring (bicyclic) bond motifs is 1. The molecular weight excluding hydrogens is 176 g/mol. The van der Waals surface area contributed by atoms with Crippen LogP contribution in [0, 0.1) is 6.92 Å². The van der Waals surface area contributed by atoms with Crippen molar-refractivity contribution in [3.63, 3.8) is 0 Å². The van der Waals surface area contributed by atoms with Crippen molar-refractivity contribution < 1.29 is 4.74 Å². The van der Waals surface area contributed by atoms with E-state index in [4.69, 9.17) is 10.5 Å². The van der Waals surface area contributed by atoms with Crippen LogP contribution in [0.15, 0.2) is 24.3 Å². The van der Waals surface area contributed by atoms with Gasteiger partial charge in [0.25, 0.3) is 0 Å². The van der Waals surface area contributed by atoms with Gasteiger partial charge in [-0.05, 0) is 30.7 Å². The van der Waals surface area contributed by atoms with Gasteiger partial charge in [0.05, 0.1) is 12.6 Å². The molecule has 1 heterocycles. The second-order valence-corrected chi connectivity index (χ2v) is 3.25. The number of hydrogen-bond donors (Lipinski definition) is 1. The maximum atomic E-state index is 5.73. The summed E-state index contributed by atoms with van der Waals surface area (Å²) in [5, 5.41) is 1.08. The van der Waals surface area contributed by atoms with Crippen LogP contribution in [0.1, 0.15) is 5.56 Å². The minimum atomic E-state index is 0.575. The van der Waals surface area contributed by atoms with Gasteiger partial charge < -0.3 is 10.5 Å². The average molecular weight is 188 g/mol. The molecule has 0 unspecified atom stereocenters. The van der Waals surface area contributed by atoms with E-state index in [-0.39, 0.29) is 0 Å². The molecule has 0 amide bonds. The summed E-state index contributed by atoms with van der Waals surface area (Å²) in [4.78, 5) is 4.28. The van der Waals surface area contributed by atoms with Crippen molar-refractivity contribution in [3.05, 3.63) is 29.8 Å². The van der Waals surface area contributed by atoms with Crippen molar-refractivity contribution in [2.75, 3.05) is 12.8 Å². The highest BCUT2D eigenvalue weighted by Crippen LogP contribution is 2.22. The molecule has 3 heteroatoms. The number of aryl methyl sites for hydroxylation is 1. The van der Waals surface area contributed by atoms with Gasteiger partial charge in [0.1, 0.15) is 11.6 Å². The van der Waals surface area contributed by atoms with Crippen LogP contribution in [0.4, 0.5) is 5.82 Å². The first-order chi connectivity index (χ1) is 6.70. The lowest BCUT2D eigenvalue weighted by molar-refractivity contribution is 0.415. The number of ether oxygens (including phenoxy) is 1. The number of anilines is 1. The van der Waals surface area contributed by atoms with Crippen molar-refractivity contribution in [2.45, 2.75) is 6.92 Å². The van der Waals surface area contributed by atoms with E-state index in [0.717, 1.165) is 22.2 Å². The maximum Gasteiger partial charge on any atom is 0.127 e. The van der Waals surface area contributed by atoms with Crippen molar-refractivity contribution in [1.82, 2.24) is 4.98 Å². The van der Waals surface area contributed by atoms with E-state index in [9.17, 15) is 0 Å². The number of rotatable bonds is 1. The van der Waals surface area contributed by atoms with E-state index in [1.165, 1.54) is 0 Å². The largest absolute Gasteiger partial charge is 0.497 e. The average Bonchev–Trinajstić information content (AvgIpc) is 2.19. The van der Waals surface area contributed by atoms with E-state index in [1.807, 2.05) is 31.2 Å². The molecule has 1 aromatic heterocycles. The fourth-order valence-electron chi connectivity index (χ4n) is 1.39. The molecule has 2 rings (SSSR count). The number of pyridine rings is 1. The van der Waals surface area contributed by atoms with E-state index in [0.29, 0.717) is 5.82 Å². The molecule has 0 saturated heterocycles. The monoisotopic (exact) mass is 188 g/mol. The Kier molecular flexibility index (Phi) is 2.00. The van der Waals surface area contributed by atoms with Crippen molar-refractivity contribution in [1.29, 1.82) is 0 Å². The Bertz CT molecular complexity index is 480. The number of benzene rings is 1. The summed E-state index contributed by atoms with van der Waals surface area (Å²) >= 11 is 0. The van der Waals surface area contributed by atoms with E-state index in [2.05, 4.69) is 4.98 Å². The first kappa shape index (κ1) is 8.81. The van der Waals surface area contributed by atoms with Crippen molar-refractivity contribution in [2.24, 2.45) is 0 Å². The third-order valence-electron chi connectivity index (χ3n) is 2.25. The summed E-state index contributed by atoms with van der Waals surface area (Å²) in [5.41, 5.74) is 7.60. The van der Waals surface area contributed by atoms with Crippen LogP contribution in [0.3, 0.4) is 0 Å². The zero-order valence-electron chi connectivity index (χ0n) is 8.24. The zero-order chi connectivity index (χ0) is 10.1. The fourth-order valence-corrected chi connectivity index (χ4v) is 1.39. The number of nitrogens with two attached hydrogens (primary N) is 1. The molecule has 0 fully saturated rings. The highest BCUT2D eigenvalue weighted by Gasteiger charge is 2.01. The third kappa shape index (κ3) is 1.37. The van der Waals surface area contributed by atoms with Gasteiger partial charge in [0.15, 0.2) is 0 Å². The van der Waals surface area contributed by atoms with Gasteiger partial charge in [-0.1, -0.05) is 0 Å². The summed E-state index contributed by atoms with van der Waals surface area (Å²) in [7, 11) is 1.64. The summed E-state index contributed by atoms with van der Waals surface area (Å²) in [6.07, 6.45) is 0. The fraction of sp³-hybridized carbons (Fsp3) is 0.182. The van der Waals surface area contributed by atoms with E-state index >= 15 is 0 Å². The second-order valence-electron chi connectivity index (χ2n) is 3.25. The predicted octanol–water partition coefficient (Wildman–Crippen LogP) is 2.13. The molecule has 0 saturated carbocycles. The van der Waals surface area contributed by atoms with Crippen LogP contribution in [0.25, 0.3) is 10.9 Å². The molecule has 2 aromatic rings. The lowest BCUT2D eigenvalue weighted by Crippen LogP contribution is -1.94. The minimum Gasteiger partial charge on any atom is -0.497 e. The molecule has 0 atom stereocenters. The van der Waals surface area contributed by atoms with Crippen LogP contribution in [0.5, 0.6) is 5.75 Å². The van der Waals surface area contributed by atoms with Crippen LogP contribution < -0.4 is 10.5 Å². The quantitative estimate of drug-likeness (QED) is 0.745. The first-order valence-electron chi connectivity index (χ1n) is 4.41. The number of nitrogen functional groups attached to an aromatic ring is 1. The smallest absolute Gasteiger partial charge is 0.127 e. The Hall–Kier alpha value is -1.77. The van der Waals surface area contributed by atoms with Crippen LogP contribution in [0.2, 0.25) is 0 Å². The molecule has 2 N–H and O–H groups in total. The lowest BCUT2D eigenvalue weighted by atomic mass is 10.1. The molecule has 0 spiro atoms. The minimum absolute atomic E-state index is 0.575. The third-order valence-corrected chi connectivity index (χ3v) is 2.25. The first-order valence-corrected chi connectivity index (χ1v) is 4.41. The van der Waals surface area contributed by atoms with E-state index in [1.54, 1.807) is 7.11 Å². The molecule has 0 radical (unpaired) electrons. The molecule has 1 aromatic carbocycles. The van der Waals surface area contributed by atoms with Gasteiger partial charge in [-0.2, -0.15) is 0 Å². The van der Waals surface area contributed by atoms with Gasteiger partial charge in [0.2, 0.25) is 0 Å². The molecule has 14 heavy (non-hydrogen) atoms. The van der Waals surface area contributed by atoms with Gasteiger partial charge in [-0.3, -0.25) is 0 Å². The molecule has 0 aliphatic rings. The van der Waals surface area contributed by atoms with Gasteiger partial charge in [-0.25, -0.2) is 4.98 Å². The second kappa shape index (κ2) is 3.18. The molecule has 0 aliphatic heterocycles. The van der Waals surface area contributed by atoms with Crippen molar-refractivity contribution >= 4 is 16.7 Å². The summed E-state index contributed by atoms with van der Waals surface area (Å²) in [5.74, 6) is 1.37. The molecule has 72 valence electrons. The van der Waals surface area contributed by atoms with Gasteiger partial charge in [0, 0.05) is 11.5 Å². The number of methoxy groups -OCH3 is 1. The van der Waals surface area contributed by atoms with E-state index < -0.39 is 0 Å². The normalized spacial score (nSPS) is 10.4. The van der Waals surface area contributed by atoms with Crippen LogP contribution in [-0.4, -0.2) is 12.1 Å². The summed E-state index contributed by atoms with van der Waals surface area (Å²) in [6, 6.07) is 7.80. The predicted molar refractivity (Wildman–Crippen MR) is 57.4 cm³/mol. The Labute approximate surface area is 82.5 Å².